The lowest BCUT2D eigenvalue weighted by atomic mass is 10.0. The number of fused-ring (bicyclic) bond motifs is 1. The van der Waals surface area contributed by atoms with Gasteiger partial charge in [0, 0.05) is 37.8 Å². The van der Waals surface area contributed by atoms with Gasteiger partial charge >= 0.3 is 0 Å². The van der Waals surface area contributed by atoms with E-state index in [9.17, 15) is 14.7 Å². The molecule has 0 radical (unpaired) electrons. The number of benzene rings is 3. The van der Waals surface area contributed by atoms with Crippen molar-refractivity contribution in [1.29, 1.82) is 0 Å². The number of halogens is 2. The number of aliphatic hydroxyl groups is 1. The molecule has 3 aromatic rings. The number of carbonyl (C=O) groups is 2. The molecule has 0 spiro atoms. The van der Waals surface area contributed by atoms with Crippen molar-refractivity contribution in [2.45, 2.75) is 71.2 Å². The van der Waals surface area contributed by atoms with Crippen molar-refractivity contribution < 1.29 is 24.2 Å². The van der Waals surface area contributed by atoms with E-state index in [1.54, 1.807) is 29.2 Å². The number of likely N-dealkylation sites (N-methyl/N-ethyl adjacent to an activating group) is 1. The third-order valence-electron chi connectivity index (χ3n) is 8.47. The van der Waals surface area contributed by atoms with Crippen LogP contribution in [0.25, 0.3) is 0 Å². The van der Waals surface area contributed by atoms with Crippen molar-refractivity contribution in [1.82, 2.24) is 9.80 Å². The van der Waals surface area contributed by atoms with E-state index in [1.807, 2.05) is 63.4 Å². The Kier molecular flexibility index (Phi) is 13.9. The number of hydrogen-bond acceptors (Lipinski definition) is 6. The predicted octanol–water partition coefficient (Wildman–Crippen LogP) is 7.10. The molecule has 2 amide bonds. The molecule has 2 N–H and O–H groups in total. The molecule has 4 rings (SSSR count). The highest BCUT2D eigenvalue weighted by atomic mass is 35.5. The summed E-state index contributed by atoms with van der Waals surface area (Å²) < 4.78 is 12.8. The van der Waals surface area contributed by atoms with Crippen LogP contribution in [0, 0.1) is 5.92 Å². The highest BCUT2D eigenvalue weighted by molar-refractivity contribution is 6.42. The molecule has 10 heteroatoms. The van der Waals surface area contributed by atoms with Crippen molar-refractivity contribution >= 4 is 40.7 Å². The Hall–Kier alpha value is -3.14. The SMILES string of the molecule is C[C@@H]1CN([C@H](C)CO)C(=O)c2cc(NC(=O)Cc3ccccc3)ccc2O[C@@H](C)CCCCO[C@H]1CN(C)Cc1ccc(Cl)c(Cl)c1. The zero-order valence-electron chi connectivity index (χ0n) is 27.8. The molecule has 1 heterocycles. The molecular weight excluding hydrogens is 637 g/mol. The number of nitrogens with one attached hydrogen (secondary N) is 1. The molecule has 254 valence electrons. The van der Waals surface area contributed by atoms with Crippen molar-refractivity contribution in [3.63, 3.8) is 0 Å². The monoisotopic (exact) mass is 683 g/mol. The highest BCUT2D eigenvalue weighted by Gasteiger charge is 2.30. The number of nitrogens with zero attached hydrogens (tertiary/aromatic N) is 2. The minimum atomic E-state index is -0.464. The lowest BCUT2D eigenvalue weighted by Gasteiger charge is -2.36. The number of anilines is 1. The van der Waals surface area contributed by atoms with Gasteiger partial charge in [0.15, 0.2) is 0 Å². The number of rotatable bonds is 9. The molecule has 0 saturated heterocycles. The van der Waals surface area contributed by atoms with Crippen LogP contribution in [0.2, 0.25) is 10.0 Å². The fraction of sp³-hybridized carbons (Fsp3) is 0.459. The fourth-order valence-corrected chi connectivity index (χ4v) is 6.09. The first kappa shape index (κ1) is 36.7. The number of carbonyl (C=O) groups excluding carboxylic acids is 2. The summed E-state index contributed by atoms with van der Waals surface area (Å²) in [5.41, 5.74) is 2.78. The number of aliphatic hydroxyl groups excluding tert-OH is 1. The van der Waals surface area contributed by atoms with Gasteiger partial charge in [-0.1, -0.05) is 66.5 Å². The van der Waals surface area contributed by atoms with Gasteiger partial charge in [-0.15, -0.1) is 0 Å². The van der Waals surface area contributed by atoms with Crippen LogP contribution in [0.3, 0.4) is 0 Å². The van der Waals surface area contributed by atoms with Crippen LogP contribution >= 0.6 is 23.2 Å². The highest BCUT2D eigenvalue weighted by Crippen LogP contribution is 2.29. The Morgan fingerprint density at radius 3 is 2.53 bits per heavy atom. The summed E-state index contributed by atoms with van der Waals surface area (Å²) in [5.74, 6) is -0.0699. The molecule has 0 fully saturated rings. The lowest BCUT2D eigenvalue weighted by molar-refractivity contribution is -0.115. The number of hydrogen-bond donors (Lipinski definition) is 2. The van der Waals surface area contributed by atoms with Gasteiger partial charge in [0.25, 0.3) is 5.91 Å². The average molecular weight is 685 g/mol. The molecule has 1 aliphatic heterocycles. The molecule has 0 saturated carbocycles. The van der Waals surface area contributed by atoms with Crippen LogP contribution < -0.4 is 10.1 Å². The molecule has 8 nitrogen and oxygen atoms in total. The predicted molar refractivity (Wildman–Crippen MR) is 188 cm³/mol. The second-order valence-corrected chi connectivity index (χ2v) is 13.5. The summed E-state index contributed by atoms with van der Waals surface area (Å²) in [5, 5.41) is 14.2. The van der Waals surface area contributed by atoms with Gasteiger partial charge in [-0.25, -0.2) is 0 Å². The Morgan fingerprint density at radius 1 is 1.04 bits per heavy atom. The minimum absolute atomic E-state index is 0.0656. The van der Waals surface area contributed by atoms with Gasteiger partial charge in [-0.2, -0.15) is 0 Å². The van der Waals surface area contributed by atoms with Gasteiger partial charge in [0.2, 0.25) is 5.91 Å². The van der Waals surface area contributed by atoms with Crippen LogP contribution in [0.15, 0.2) is 66.7 Å². The van der Waals surface area contributed by atoms with E-state index in [4.69, 9.17) is 32.7 Å². The molecule has 0 unspecified atom stereocenters. The van der Waals surface area contributed by atoms with Gasteiger partial charge in [0.05, 0.1) is 46.9 Å². The van der Waals surface area contributed by atoms with Gasteiger partial charge < -0.3 is 24.8 Å². The normalized spacial score (nSPS) is 20.2. The van der Waals surface area contributed by atoms with E-state index in [2.05, 4.69) is 17.1 Å². The molecule has 47 heavy (non-hydrogen) atoms. The average Bonchev–Trinajstić information content (AvgIpc) is 3.04. The molecule has 1 aliphatic rings. The Labute approximate surface area is 288 Å². The van der Waals surface area contributed by atoms with Gasteiger partial charge in [0.1, 0.15) is 5.75 Å². The van der Waals surface area contributed by atoms with Crippen LogP contribution in [0.5, 0.6) is 5.75 Å². The first-order valence-corrected chi connectivity index (χ1v) is 17.1. The van der Waals surface area contributed by atoms with E-state index in [0.29, 0.717) is 53.3 Å². The molecular formula is C37H47Cl2N3O5. The Morgan fingerprint density at radius 2 is 1.81 bits per heavy atom. The summed E-state index contributed by atoms with van der Waals surface area (Å²) in [6, 6.07) is 19.9. The Balaban J connectivity index is 1.58. The number of amides is 2. The van der Waals surface area contributed by atoms with Crippen molar-refractivity contribution in [3.05, 3.63) is 93.5 Å². The number of ether oxygens (including phenoxy) is 2. The maximum Gasteiger partial charge on any atom is 0.258 e. The Bertz CT molecular complexity index is 1470. The van der Waals surface area contributed by atoms with Crippen molar-refractivity contribution in [3.8, 4) is 5.75 Å². The van der Waals surface area contributed by atoms with Crippen LogP contribution in [-0.2, 0) is 22.5 Å². The molecule has 0 aliphatic carbocycles. The molecule has 0 bridgehead atoms. The van der Waals surface area contributed by atoms with E-state index in [0.717, 1.165) is 30.4 Å². The second kappa shape index (κ2) is 17.9. The summed E-state index contributed by atoms with van der Waals surface area (Å²) in [7, 11) is 2.03. The minimum Gasteiger partial charge on any atom is -0.490 e. The van der Waals surface area contributed by atoms with E-state index in [-0.39, 0.29) is 43.0 Å². The van der Waals surface area contributed by atoms with Gasteiger partial charge in [-0.05, 0) is 81.6 Å². The van der Waals surface area contributed by atoms with Crippen molar-refractivity contribution in [2.24, 2.45) is 5.92 Å². The van der Waals surface area contributed by atoms with Gasteiger partial charge in [-0.3, -0.25) is 14.5 Å². The maximum atomic E-state index is 14.4. The zero-order valence-corrected chi connectivity index (χ0v) is 29.3. The first-order valence-electron chi connectivity index (χ1n) is 16.3. The van der Waals surface area contributed by atoms with Crippen LogP contribution in [0.1, 0.15) is 61.5 Å². The molecule has 3 aromatic carbocycles. The second-order valence-electron chi connectivity index (χ2n) is 12.7. The quantitative estimate of drug-likeness (QED) is 0.250. The molecule has 4 atom stereocenters. The maximum absolute atomic E-state index is 14.4. The summed E-state index contributed by atoms with van der Waals surface area (Å²) in [6.45, 7) is 7.92. The van der Waals surface area contributed by atoms with Crippen LogP contribution in [0.4, 0.5) is 5.69 Å². The standard InChI is InChI=1S/C37H47Cl2N3O5/c1-25-21-42(26(2)24-43)37(45)31-20-30(40-36(44)19-28-11-6-5-7-12-28)14-16-34(31)47-27(3)10-8-9-17-46-35(25)23-41(4)22-29-13-15-32(38)33(39)18-29/h5-7,11-16,18,20,25-27,35,43H,8-10,17,19,21-24H2,1-4H3,(H,40,44)/t25-,26-,27+,35+/m1/s1. The van der Waals surface area contributed by atoms with Crippen LogP contribution in [-0.4, -0.2) is 78.3 Å². The third-order valence-corrected chi connectivity index (χ3v) is 9.21. The zero-order chi connectivity index (χ0) is 33.9. The van der Waals surface area contributed by atoms with E-state index in [1.165, 1.54) is 0 Å². The smallest absolute Gasteiger partial charge is 0.258 e. The summed E-state index contributed by atoms with van der Waals surface area (Å²) in [4.78, 5) is 31.1. The first-order chi connectivity index (χ1) is 22.5. The summed E-state index contributed by atoms with van der Waals surface area (Å²) >= 11 is 12.4. The van der Waals surface area contributed by atoms with Crippen molar-refractivity contribution in [2.75, 3.05) is 38.7 Å². The topological polar surface area (TPSA) is 91.3 Å². The third kappa shape index (κ3) is 10.9. The largest absolute Gasteiger partial charge is 0.490 e. The molecule has 0 aromatic heterocycles. The summed E-state index contributed by atoms with van der Waals surface area (Å²) in [6.07, 6.45) is 2.48. The van der Waals surface area contributed by atoms with E-state index < -0.39 is 6.04 Å². The van der Waals surface area contributed by atoms with E-state index >= 15 is 0 Å². The lowest BCUT2D eigenvalue weighted by Crippen LogP contribution is -2.47. The fourth-order valence-electron chi connectivity index (χ4n) is 5.77.